The van der Waals surface area contributed by atoms with Gasteiger partial charge in [-0.2, -0.15) is 13.2 Å². The van der Waals surface area contributed by atoms with Gasteiger partial charge < -0.3 is 20.4 Å². The molecule has 1 saturated carbocycles. The van der Waals surface area contributed by atoms with Gasteiger partial charge in [0.1, 0.15) is 0 Å². The molecular weight excluding hydrogens is 425 g/mol. The average molecular weight is 457 g/mol. The monoisotopic (exact) mass is 456 g/mol. The van der Waals surface area contributed by atoms with E-state index in [0.717, 1.165) is 12.1 Å². The molecule has 0 heterocycles. The molecule has 0 spiro atoms. The molecular formula is C24H31F3O5. The van der Waals surface area contributed by atoms with E-state index in [1.807, 2.05) is 12.2 Å². The van der Waals surface area contributed by atoms with Crippen LogP contribution in [0.2, 0.25) is 0 Å². The number of hydrogen-bond donors (Lipinski definition) is 4. The van der Waals surface area contributed by atoms with Crippen molar-refractivity contribution in [3.8, 4) is 0 Å². The molecule has 0 amide bonds. The zero-order chi connectivity index (χ0) is 23.7. The smallest absolute Gasteiger partial charge is 0.416 e. The quantitative estimate of drug-likeness (QED) is 0.297. The number of aliphatic hydroxyl groups is 3. The van der Waals surface area contributed by atoms with Crippen LogP contribution in [0, 0.1) is 11.8 Å². The Kier molecular flexibility index (Phi) is 9.93. The summed E-state index contributed by atoms with van der Waals surface area (Å²) < 4.78 is 38.4. The number of rotatable bonds is 11. The van der Waals surface area contributed by atoms with E-state index in [4.69, 9.17) is 5.11 Å². The summed E-state index contributed by atoms with van der Waals surface area (Å²) >= 11 is 0. The van der Waals surface area contributed by atoms with Crippen LogP contribution < -0.4 is 0 Å². The van der Waals surface area contributed by atoms with Crippen LogP contribution in [-0.2, 0) is 17.4 Å². The third-order valence-electron chi connectivity index (χ3n) is 5.79. The van der Waals surface area contributed by atoms with E-state index >= 15 is 0 Å². The fraction of sp³-hybridized carbons (Fsp3) is 0.542. The molecule has 1 fully saturated rings. The van der Waals surface area contributed by atoms with Crippen molar-refractivity contribution in [2.45, 2.75) is 69.4 Å². The Morgan fingerprint density at radius 2 is 1.94 bits per heavy atom. The fourth-order valence-electron chi connectivity index (χ4n) is 4.02. The molecule has 5 atom stereocenters. The molecule has 1 aliphatic carbocycles. The van der Waals surface area contributed by atoms with Gasteiger partial charge >= 0.3 is 12.1 Å². The highest BCUT2D eigenvalue weighted by Gasteiger charge is 2.39. The lowest BCUT2D eigenvalue weighted by Gasteiger charge is -2.19. The van der Waals surface area contributed by atoms with Gasteiger partial charge in [0.05, 0.1) is 23.9 Å². The van der Waals surface area contributed by atoms with Gasteiger partial charge in [-0.05, 0) is 49.7 Å². The van der Waals surface area contributed by atoms with Crippen molar-refractivity contribution < 1.29 is 38.4 Å². The highest BCUT2D eigenvalue weighted by molar-refractivity contribution is 5.66. The summed E-state index contributed by atoms with van der Waals surface area (Å²) in [5, 5.41) is 39.4. The largest absolute Gasteiger partial charge is 0.481 e. The number of aliphatic carboxylic acids is 1. The number of carbonyl (C=O) groups is 1. The highest BCUT2D eigenvalue weighted by Crippen LogP contribution is 2.36. The van der Waals surface area contributed by atoms with Crippen LogP contribution in [0.4, 0.5) is 13.2 Å². The maximum atomic E-state index is 12.8. The average Bonchev–Trinajstić information content (AvgIpc) is 2.99. The Hall–Kier alpha value is -2.16. The summed E-state index contributed by atoms with van der Waals surface area (Å²) in [6.45, 7) is 0. The molecule has 2 rings (SSSR count). The first-order chi connectivity index (χ1) is 15.1. The third kappa shape index (κ3) is 8.41. The van der Waals surface area contributed by atoms with Gasteiger partial charge in [-0.15, -0.1) is 0 Å². The van der Waals surface area contributed by atoms with Crippen LogP contribution in [0.1, 0.15) is 49.7 Å². The molecule has 0 aromatic heterocycles. The fourth-order valence-corrected chi connectivity index (χ4v) is 4.02. The second-order valence-electron chi connectivity index (χ2n) is 8.29. The minimum atomic E-state index is -4.41. The molecule has 0 bridgehead atoms. The van der Waals surface area contributed by atoms with Gasteiger partial charge in [0.25, 0.3) is 0 Å². The first-order valence-corrected chi connectivity index (χ1v) is 10.8. The van der Waals surface area contributed by atoms with Crippen LogP contribution in [0.3, 0.4) is 0 Å². The van der Waals surface area contributed by atoms with E-state index in [0.29, 0.717) is 24.8 Å². The van der Waals surface area contributed by atoms with Crippen LogP contribution in [0.15, 0.2) is 48.6 Å². The molecule has 4 N–H and O–H groups in total. The maximum Gasteiger partial charge on any atom is 0.416 e. The number of hydrogen-bond acceptors (Lipinski definition) is 4. The topological polar surface area (TPSA) is 98.0 Å². The summed E-state index contributed by atoms with van der Waals surface area (Å²) in [6, 6.07) is 5.01. The van der Waals surface area contributed by atoms with Gasteiger partial charge in [0, 0.05) is 18.8 Å². The van der Waals surface area contributed by atoms with E-state index in [-0.39, 0.29) is 37.5 Å². The van der Waals surface area contributed by atoms with Gasteiger partial charge in [-0.3, -0.25) is 4.79 Å². The van der Waals surface area contributed by atoms with Crippen LogP contribution in [0.5, 0.6) is 0 Å². The normalized spacial score (nSPS) is 25.1. The Bertz CT molecular complexity index is 790. The zero-order valence-corrected chi connectivity index (χ0v) is 17.8. The lowest BCUT2D eigenvalue weighted by atomic mass is 9.89. The van der Waals surface area contributed by atoms with Gasteiger partial charge in [-0.1, -0.05) is 42.5 Å². The van der Waals surface area contributed by atoms with E-state index in [1.165, 1.54) is 12.1 Å². The van der Waals surface area contributed by atoms with E-state index in [9.17, 15) is 33.3 Å². The van der Waals surface area contributed by atoms with E-state index in [2.05, 4.69) is 0 Å². The van der Waals surface area contributed by atoms with Crippen LogP contribution in [-0.4, -0.2) is 44.7 Å². The Balaban J connectivity index is 1.87. The Morgan fingerprint density at radius 3 is 2.62 bits per heavy atom. The van der Waals surface area contributed by atoms with Gasteiger partial charge in [-0.25, -0.2) is 0 Å². The van der Waals surface area contributed by atoms with Crippen LogP contribution in [0.25, 0.3) is 0 Å². The number of halogens is 3. The molecule has 5 unspecified atom stereocenters. The number of alkyl halides is 3. The van der Waals surface area contributed by atoms with Gasteiger partial charge in [0.2, 0.25) is 0 Å². The van der Waals surface area contributed by atoms with E-state index < -0.39 is 36.0 Å². The number of aliphatic hydroxyl groups excluding tert-OH is 3. The molecule has 32 heavy (non-hydrogen) atoms. The summed E-state index contributed by atoms with van der Waals surface area (Å²) in [4.78, 5) is 10.5. The summed E-state index contributed by atoms with van der Waals surface area (Å²) in [5.74, 6) is -1.42. The molecule has 0 aliphatic heterocycles. The van der Waals surface area contributed by atoms with Crippen molar-refractivity contribution >= 4 is 5.97 Å². The summed E-state index contributed by atoms with van der Waals surface area (Å²) in [7, 11) is 0. The third-order valence-corrected chi connectivity index (χ3v) is 5.79. The molecule has 8 heteroatoms. The molecule has 178 valence electrons. The molecule has 1 aromatic rings. The minimum absolute atomic E-state index is 0.0961. The minimum Gasteiger partial charge on any atom is -0.481 e. The highest BCUT2D eigenvalue weighted by atomic mass is 19.4. The predicted molar refractivity (Wildman–Crippen MR) is 114 cm³/mol. The van der Waals surface area contributed by atoms with Crippen molar-refractivity contribution in [2.24, 2.45) is 11.8 Å². The lowest BCUT2D eigenvalue weighted by Crippen LogP contribution is -2.20. The Morgan fingerprint density at radius 1 is 1.19 bits per heavy atom. The summed E-state index contributed by atoms with van der Waals surface area (Å²) in [6.07, 6.45) is 2.71. The van der Waals surface area contributed by atoms with Crippen molar-refractivity contribution in [1.29, 1.82) is 0 Å². The first-order valence-electron chi connectivity index (χ1n) is 10.8. The maximum absolute atomic E-state index is 12.8. The standard InChI is InChI=1S/C24H31F3O5/c25-24(26,27)17-7-5-6-16(14-17)10-11-18(28)12-13-20-19(21(29)15-22(20)30)8-3-1-2-4-9-23(31)32/h1,3,5-7,12-14,18-22,28-30H,2,4,8-11,15H2,(H,31,32). The molecule has 5 nitrogen and oxygen atoms in total. The number of carboxylic acid groups (broad SMARTS) is 1. The van der Waals surface area contributed by atoms with Crippen molar-refractivity contribution in [1.82, 2.24) is 0 Å². The molecule has 0 radical (unpaired) electrons. The van der Waals surface area contributed by atoms with Crippen molar-refractivity contribution in [3.05, 3.63) is 59.7 Å². The second kappa shape index (κ2) is 12.2. The molecule has 1 aliphatic rings. The lowest BCUT2D eigenvalue weighted by molar-refractivity contribution is -0.138. The molecule has 0 saturated heterocycles. The second-order valence-corrected chi connectivity index (χ2v) is 8.29. The number of carboxylic acids is 1. The Labute approximate surface area is 185 Å². The number of aryl methyl sites for hydroxylation is 1. The predicted octanol–water partition coefficient (Wildman–Crippen LogP) is 4.11. The summed E-state index contributed by atoms with van der Waals surface area (Å²) in [5.41, 5.74) is -0.239. The van der Waals surface area contributed by atoms with Crippen LogP contribution >= 0.6 is 0 Å². The number of allylic oxidation sites excluding steroid dienone is 2. The van der Waals surface area contributed by atoms with E-state index in [1.54, 1.807) is 12.1 Å². The van der Waals surface area contributed by atoms with Crippen molar-refractivity contribution in [3.63, 3.8) is 0 Å². The SMILES string of the molecule is O=C(O)CCCC=CCC1C(O)CC(O)C1C=CC(O)CCc1cccc(C(F)(F)F)c1. The first kappa shape index (κ1) is 26.1. The zero-order valence-electron chi connectivity index (χ0n) is 17.8. The number of unbranched alkanes of at least 4 members (excludes halogenated alkanes) is 1. The number of benzene rings is 1. The van der Waals surface area contributed by atoms with Crippen molar-refractivity contribution in [2.75, 3.05) is 0 Å². The molecule has 1 aromatic carbocycles. The van der Waals surface area contributed by atoms with Gasteiger partial charge in [0.15, 0.2) is 0 Å².